The van der Waals surface area contributed by atoms with Gasteiger partial charge in [-0.05, 0) is 36.8 Å². The lowest BCUT2D eigenvalue weighted by atomic mass is 10.1. The van der Waals surface area contributed by atoms with Gasteiger partial charge in [-0.2, -0.15) is 0 Å². The molecule has 0 saturated heterocycles. The molecule has 2 rings (SSSR count). The van der Waals surface area contributed by atoms with Crippen molar-refractivity contribution in [1.29, 1.82) is 0 Å². The standard InChI is InChI=1S/C17H21N3O3S/c1-4-23-16(22)14-9-19-17(24-3)20-15(14)18-8-12-5-6-13(10-21)11(2)7-12/h5-7,9,21H,4,8,10H2,1-3H3,(H,18,19,20). The van der Waals surface area contributed by atoms with Gasteiger partial charge < -0.3 is 15.2 Å². The van der Waals surface area contributed by atoms with E-state index in [1.54, 1.807) is 6.92 Å². The molecule has 128 valence electrons. The van der Waals surface area contributed by atoms with Crippen LogP contribution in [0.5, 0.6) is 0 Å². The SMILES string of the molecule is CCOC(=O)c1cnc(SC)nc1NCc1ccc(CO)c(C)c1. The van der Waals surface area contributed by atoms with Gasteiger partial charge in [0.15, 0.2) is 5.16 Å². The number of hydrogen-bond donors (Lipinski definition) is 2. The predicted molar refractivity (Wildman–Crippen MR) is 94.2 cm³/mol. The van der Waals surface area contributed by atoms with Crippen molar-refractivity contribution >= 4 is 23.5 Å². The number of aliphatic hydroxyl groups excluding tert-OH is 1. The highest BCUT2D eigenvalue weighted by Gasteiger charge is 2.15. The highest BCUT2D eigenvalue weighted by molar-refractivity contribution is 7.98. The van der Waals surface area contributed by atoms with Crippen molar-refractivity contribution in [3.8, 4) is 0 Å². The molecule has 6 nitrogen and oxygen atoms in total. The Morgan fingerprint density at radius 2 is 2.21 bits per heavy atom. The molecule has 0 aliphatic rings. The van der Waals surface area contributed by atoms with Crippen LogP contribution in [-0.2, 0) is 17.9 Å². The fourth-order valence-corrected chi connectivity index (χ4v) is 2.53. The third kappa shape index (κ3) is 4.46. The summed E-state index contributed by atoms with van der Waals surface area (Å²) in [6, 6.07) is 5.83. The molecule has 0 radical (unpaired) electrons. The van der Waals surface area contributed by atoms with E-state index in [0.29, 0.717) is 29.7 Å². The summed E-state index contributed by atoms with van der Waals surface area (Å²) in [6.07, 6.45) is 3.36. The van der Waals surface area contributed by atoms with E-state index in [2.05, 4.69) is 15.3 Å². The van der Waals surface area contributed by atoms with Gasteiger partial charge in [-0.1, -0.05) is 30.0 Å². The average Bonchev–Trinajstić information content (AvgIpc) is 2.60. The van der Waals surface area contributed by atoms with E-state index in [4.69, 9.17) is 4.74 Å². The second kappa shape index (κ2) is 8.65. The van der Waals surface area contributed by atoms with Gasteiger partial charge in [-0.15, -0.1) is 0 Å². The lowest BCUT2D eigenvalue weighted by Gasteiger charge is -2.12. The van der Waals surface area contributed by atoms with Crippen molar-refractivity contribution in [2.45, 2.75) is 32.2 Å². The van der Waals surface area contributed by atoms with Gasteiger partial charge in [0.2, 0.25) is 0 Å². The Morgan fingerprint density at radius 1 is 1.42 bits per heavy atom. The zero-order valence-corrected chi connectivity index (χ0v) is 14.8. The van der Waals surface area contributed by atoms with Gasteiger partial charge in [0.1, 0.15) is 11.4 Å². The molecule has 2 N–H and O–H groups in total. The molecule has 1 aromatic carbocycles. The fourth-order valence-electron chi connectivity index (χ4n) is 2.19. The molecule has 2 aromatic rings. The number of rotatable bonds is 7. The van der Waals surface area contributed by atoms with Crippen LogP contribution in [0, 0.1) is 6.92 Å². The normalized spacial score (nSPS) is 10.5. The predicted octanol–water partition coefficient (Wildman–Crippen LogP) is 2.79. The third-order valence-electron chi connectivity index (χ3n) is 3.48. The Balaban J connectivity index is 2.21. The van der Waals surface area contributed by atoms with Crippen molar-refractivity contribution < 1.29 is 14.6 Å². The molecule has 0 amide bonds. The summed E-state index contributed by atoms with van der Waals surface area (Å²) in [7, 11) is 0. The summed E-state index contributed by atoms with van der Waals surface area (Å²) in [5.41, 5.74) is 3.27. The van der Waals surface area contributed by atoms with Crippen molar-refractivity contribution in [1.82, 2.24) is 9.97 Å². The molecule has 0 bridgehead atoms. The lowest BCUT2D eigenvalue weighted by Crippen LogP contribution is -2.13. The van der Waals surface area contributed by atoms with Crippen molar-refractivity contribution in [3.05, 3.63) is 46.6 Å². The molecule has 0 unspecified atom stereocenters. The molecule has 24 heavy (non-hydrogen) atoms. The Bertz CT molecular complexity index is 722. The van der Waals surface area contributed by atoms with Gasteiger partial charge in [0, 0.05) is 12.7 Å². The second-order valence-electron chi connectivity index (χ2n) is 5.11. The number of aromatic nitrogens is 2. The van der Waals surface area contributed by atoms with Crippen LogP contribution in [0.25, 0.3) is 0 Å². The molecular formula is C17H21N3O3S. The van der Waals surface area contributed by atoms with Gasteiger partial charge in [-0.25, -0.2) is 14.8 Å². The Labute approximate surface area is 145 Å². The number of esters is 1. The van der Waals surface area contributed by atoms with Gasteiger partial charge in [-0.3, -0.25) is 0 Å². The summed E-state index contributed by atoms with van der Waals surface area (Å²) in [6.45, 7) is 4.53. The molecule has 1 aromatic heterocycles. The number of thioether (sulfide) groups is 1. The zero-order valence-electron chi connectivity index (χ0n) is 14.0. The van der Waals surface area contributed by atoms with Crippen LogP contribution >= 0.6 is 11.8 Å². The molecule has 0 saturated carbocycles. The first-order valence-electron chi connectivity index (χ1n) is 7.60. The first kappa shape index (κ1) is 18.2. The minimum Gasteiger partial charge on any atom is -0.462 e. The molecule has 0 aliphatic heterocycles. The largest absolute Gasteiger partial charge is 0.462 e. The van der Waals surface area contributed by atoms with E-state index >= 15 is 0 Å². The summed E-state index contributed by atoms with van der Waals surface area (Å²) >= 11 is 1.40. The Morgan fingerprint density at radius 3 is 2.83 bits per heavy atom. The monoisotopic (exact) mass is 347 g/mol. The van der Waals surface area contributed by atoms with Crippen LogP contribution < -0.4 is 5.32 Å². The number of nitrogens with one attached hydrogen (secondary N) is 1. The Hall–Kier alpha value is -2.12. The van der Waals surface area contributed by atoms with Gasteiger partial charge >= 0.3 is 5.97 Å². The molecular weight excluding hydrogens is 326 g/mol. The maximum Gasteiger partial charge on any atom is 0.343 e. The first-order chi connectivity index (χ1) is 11.6. The fraction of sp³-hybridized carbons (Fsp3) is 0.353. The van der Waals surface area contributed by atoms with E-state index in [0.717, 1.165) is 16.7 Å². The van der Waals surface area contributed by atoms with Crippen LogP contribution in [0.15, 0.2) is 29.6 Å². The molecule has 0 atom stereocenters. The third-order valence-corrected chi connectivity index (χ3v) is 4.04. The number of benzene rings is 1. The van der Waals surface area contributed by atoms with Crippen LogP contribution in [0.1, 0.15) is 34.0 Å². The maximum absolute atomic E-state index is 12.0. The number of carbonyl (C=O) groups is 1. The molecule has 1 heterocycles. The molecule has 7 heteroatoms. The second-order valence-corrected chi connectivity index (χ2v) is 5.89. The number of anilines is 1. The summed E-state index contributed by atoms with van der Waals surface area (Å²) in [5.74, 6) is 0.0103. The number of ether oxygens (including phenoxy) is 1. The van der Waals surface area contributed by atoms with E-state index in [1.807, 2.05) is 31.4 Å². The molecule has 0 spiro atoms. The topological polar surface area (TPSA) is 84.3 Å². The van der Waals surface area contributed by atoms with Gasteiger partial charge in [0.25, 0.3) is 0 Å². The molecule has 0 fully saturated rings. The van der Waals surface area contributed by atoms with Crippen LogP contribution in [0.2, 0.25) is 0 Å². The van der Waals surface area contributed by atoms with E-state index in [1.165, 1.54) is 18.0 Å². The van der Waals surface area contributed by atoms with E-state index < -0.39 is 5.97 Å². The van der Waals surface area contributed by atoms with Gasteiger partial charge in [0.05, 0.1) is 13.2 Å². The number of aryl methyl sites for hydroxylation is 1. The highest BCUT2D eigenvalue weighted by Crippen LogP contribution is 2.19. The lowest BCUT2D eigenvalue weighted by molar-refractivity contribution is 0.0526. The number of aliphatic hydroxyl groups is 1. The van der Waals surface area contributed by atoms with Crippen LogP contribution in [0.4, 0.5) is 5.82 Å². The summed E-state index contributed by atoms with van der Waals surface area (Å²) in [5, 5.41) is 13.0. The average molecular weight is 347 g/mol. The number of carbonyl (C=O) groups excluding carboxylic acids is 1. The first-order valence-corrected chi connectivity index (χ1v) is 8.82. The zero-order chi connectivity index (χ0) is 17.5. The smallest absolute Gasteiger partial charge is 0.343 e. The van der Waals surface area contributed by atoms with Crippen molar-refractivity contribution in [2.75, 3.05) is 18.2 Å². The number of hydrogen-bond acceptors (Lipinski definition) is 7. The summed E-state index contributed by atoms with van der Waals surface area (Å²) < 4.78 is 5.05. The summed E-state index contributed by atoms with van der Waals surface area (Å²) in [4.78, 5) is 20.5. The minimum atomic E-state index is -0.445. The molecule has 0 aliphatic carbocycles. The van der Waals surface area contributed by atoms with E-state index in [9.17, 15) is 9.90 Å². The Kier molecular flexibility index (Phi) is 6.57. The van der Waals surface area contributed by atoms with E-state index in [-0.39, 0.29) is 6.61 Å². The van der Waals surface area contributed by atoms with Crippen LogP contribution in [-0.4, -0.2) is 33.9 Å². The maximum atomic E-state index is 12.0. The van der Waals surface area contributed by atoms with Crippen LogP contribution in [0.3, 0.4) is 0 Å². The van der Waals surface area contributed by atoms with Crippen molar-refractivity contribution in [3.63, 3.8) is 0 Å². The highest BCUT2D eigenvalue weighted by atomic mass is 32.2. The van der Waals surface area contributed by atoms with Crippen molar-refractivity contribution in [2.24, 2.45) is 0 Å². The minimum absolute atomic E-state index is 0.0234. The quantitative estimate of drug-likeness (QED) is 0.452. The number of nitrogens with zero attached hydrogens (tertiary/aromatic N) is 2.